The van der Waals surface area contributed by atoms with Crippen molar-refractivity contribution in [1.82, 2.24) is 9.80 Å². The van der Waals surface area contributed by atoms with Crippen LogP contribution in [0.2, 0.25) is 0 Å². The molecule has 1 amide bonds. The molecule has 0 bridgehead atoms. The van der Waals surface area contributed by atoms with Gasteiger partial charge in [-0.1, -0.05) is 6.07 Å². The van der Waals surface area contributed by atoms with Crippen LogP contribution in [0.3, 0.4) is 0 Å². The van der Waals surface area contributed by atoms with E-state index in [1.54, 1.807) is 17.0 Å². The van der Waals surface area contributed by atoms with Crippen molar-refractivity contribution < 1.29 is 19.0 Å². The van der Waals surface area contributed by atoms with E-state index in [0.717, 1.165) is 5.56 Å². The molecule has 0 spiro atoms. The third kappa shape index (κ3) is 5.59. The molecule has 0 aliphatic carbocycles. The Labute approximate surface area is 153 Å². The van der Waals surface area contributed by atoms with E-state index in [1.165, 1.54) is 6.07 Å². The summed E-state index contributed by atoms with van der Waals surface area (Å²) in [5.41, 5.74) is 6.53. The molecule has 0 radical (unpaired) electrons. The van der Waals surface area contributed by atoms with Crippen LogP contribution in [0.15, 0.2) is 23.2 Å². The average Bonchev–Trinajstić information content (AvgIpc) is 2.59. The van der Waals surface area contributed by atoms with Gasteiger partial charge in [0.05, 0.1) is 13.2 Å². The summed E-state index contributed by atoms with van der Waals surface area (Å²) in [5.74, 6) is -0.0600. The highest BCUT2D eigenvalue weighted by Gasteiger charge is 2.26. The number of carbonyl (C=O) groups is 1. The van der Waals surface area contributed by atoms with Gasteiger partial charge in [0.1, 0.15) is 11.4 Å². The molecule has 0 aromatic heterocycles. The van der Waals surface area contributed by atoms with Gasteiger partial charge in [0.15, 0.2) is 5.96 Å². The second-order valence-electron chi connectivity index (χ2n) is 7.21. The van der Waals surface area contributed by atoms with E-state index in [0.29, 0.717) is 38.7 Å². The Balaban J connectivity index is 1.88. The van der Waals surface area contributed by atoms with Crippen LogP contribution in [0.5, 0.6) is 0 Å². The quantitative estimate of drug-likeness (QED) is 0.627. The van der Waals surface area contributed by atoms with Gasteiger partial charge in [-0.05, 0) is 38.5 Å². The van der Waals surface area contributed by atoms with Gasteiger partial charge in [0.25, 0.3) is 0 Å². The summed E-state index contributed by atoms with van der Waals surface area (Å²) in [6, 6.07) is 4.50. The molecule has 8 heteroatoms. The molecule has 1 aliphatic rings. The minimum atomic E-state index is -0.517. The van der Waals surface area contributed by atoms with Crippen LogP contribution < -0.4 is 5.73 Å². The number of rotatable bonds is 3. The SMILES string of the molecule is CC(C)(C)OC(=O)N1CCN(C(N)=NCc2ccc(F)c(CO)c2)CC1. The molecule has 1 aromatic rings. The fourth-order valence-electron chi connectivity index (χ4n) is 2.56. The average molecular weight is 366 g/mol. The fraction of sp³-hybridized carbons (Fsp3) is 0.556. The number of nitrogens with zero attached hydrogens (tertiary/aromatic N) is 3. The summed E-state index contributed by atoms with van der Waals surface area (Å²) in [4.78, 5) is 20.0. The standard InChI is InChI=1S/C18H27FN4O3/c1-18(2,3)26-17(25)23-8-6-22(7-9-23)16(20)21-11-13-4-5-15(19)14(10-13)12-24/h4-5,10,24H,6-9,11-12H2,1-3H3,(H2,20,21). The monoisotopic (exact) mass is 366 g/mol. The molecule has 26 heavy (non-hydrogen) atoms. The molecule has 1 aliphatic heterocycles. The van der Waals surface area contributed by atoms with Crippen LogP contribution in [0, 0.1) is 5.82 Å². The molecule has 1 fully saturated rings. The number of amides is 1. The number of halogens is 1. The van der Waals surface area contributed by atoms with Crippen molar-refractivity contribution in [3.8, 4) is 0 Å². The molecule has 144 valence electrons. The number of aliphatic hydroxyl groups is 1. The van der Waals surface area contributed by atoms with Crippen molar-refractivity contribution in [2.45, 2.75) is 39.5 Å². The predicted octanol–water partition coefficient (Wildman–Crippen LogP) is 1.69. The number of ether oxygens (including phenoxy) is 1. The smallest absolute Gasteiger partial charge is 0.410 e. The second kappa shape index (κ2) is 8.35. The van der Waals surface area contributed by atoms with Gasteiger partial charge in [-0.15, -0.1) is 0 Å². The van der Waals surface area contributed by atoms with Crippen molar-refractivity contribution >= 4 is 12.1 Å². The molecule has 7 nitrogen and oxygen atoms in total. The van der Waals surface area contributed by atoms with Crippen molar-refractivity contribution in [2.24, 2.45) is 10.7 Å². The maximum atomic E-state index is 13.4. The molecule has 2 rings (SSSR count). The number of hydrogen-bond donors (Lipinski definition) is 2. The minimum absolute atomic E-state index is 0.238. The van der Waals surface area contributed by atoms with Crippen LogP contribution in [-0.4, -0.2) is 58.7 Å². The lowest BCUT2D eigenvalue weighted by Crippen LogP contribution is -2.53. The zero-order chi connectivity index (χ0) is 19.3. The lowest BCUT2D eigenvalue weighted by atomic mass is 10.1. The van der Waals surface area contributed by atoms with Crippen LogP contribution in [0.25, 0.3) is 0 Å². The molecule has 0 saturated carbocycles. The number of nitrogens with two attached hydrogens (primary N) is 1. The van der Waals surface area contributed by atoms with Crippen LogP contribution in [0.1, 0.15) is 31.9 Å². The number of guanidine groups is 1. The van der Waals surface area contributed by atoms with Gasteiger partial charge in [-0.3, -0.25) is 0 Å². The number of aliphatic hydroxyl groups excluding tert-OH is 1. The Morgan fingerprint density at radius 1 is 1.27 bits per heavy atom. The Bertz CT molecular complexity index is 665. The zero-order valence-electron chi connectivity index (χ0n) is 15.5. The molecule has 0 atom stereocenters. The largest absolute Gasteiger partial charge is 0.444 e. The first-order valence-corrected chi connectivity index (χ1v) is 8.60. The lowest BCUT2D eigenvalue weighted by molar-refractivity contribution is 0.0186. The molecular weight excluding hydrogens is 339 g/mol. The Morgan fingerprint density at radius 3 is 2.46 bits per heavy atom. The molecule has 0 unspecified atom stereocenters. The van der Waals surface area contributed by atoms with Gasteiger partial charge >= 0.3 is 6.09 Å². The van der Waals surface area contributed by atoms with E-state index in [9.17, 15) is 9.18 Å². The second-order valence-corrected chi connectivity index (χ2v) is 7.21. The maximum Gasteiger partial charge on any atom is 0.410 e. The van der Waals surface area contributed by atoms with Crippen LogP contribution in [-0.2, 0) is 17.9 Å². The van der Waals surface area contributed by atoms with E-state index in [-0.39, 0.29) is 18.3 Å². The molecule has 1 saturated heterocycles. The Kier molecular flexibility index (Phi) is 6.42. The molecule has 3 N–H and O–H groups in total. The highest BCUT2D eigenvalue weighted by Crippen LogP contribution is 2.13. The van der Waals surface area contributed by atoms with E-state index >= 15 is 0 Å². The van der Waals surface area contributed by atoms with E-state index in [1.807, 2.05) is 25.7 Å². The summed E-state index contributed by atoms with van der Waals surface area (Å²) in [6.45, 7) is 7.61. The summed E-state index contributed by atoms with van der Waals surface area (Å²) in [7, 11) is 0. The first-order chi connectivity index (χ1) is 12.2. The maximum absolute atomic E-state index is 13.4. The van der Waals surface area contributed by atoms with Gasteiger partial charge in [-0.2, -0.15) is 0 Å². The zero-order valence-corrected chi connectivity index (χ0v) is 15.5. The molecular formula is C18H27FN4O3. The normalized spacial score (nSPS) is 16.0. The van der Waals surface area contributed by atoms with Crippen molar-refractivity contribution in [3.63, 3.8) is 0 Å². The van der Waals surface area contributed by atoms with Gasteiger partial charge in [0, 0.05) is 31.7 Å². The van der Waals surface area contributed by atoms with Crippen molar-refractivity contribution in [3.05, 3.63) is 35.1 Å². The van der Waals surface area contributed by atoms with E-state index in [4.69, 9.17) is 15.6 Å². The van der Waals surface area contributed by atoms with Gasteiger partial charge < -0.3 is 25.4 Å². The molecule has 1 aromatic carbocycles. The number of hydrogen-bond acceptors (Lipinski definition) is 4. The summed E-state index contributed by atoms with van der Waals surface area (Å²) in [5, 5.41) is 9.11. The van der Waals surface area contributed by atoms with Gasteiger partial charge in [-0.25, -0.2) is 14.2 Å². The van der Waals surface area contributed by atoms with Crippen LogP contribution in [0.4, 0.5) is 9.18 Å². The first-order valence-electron chi connectivity index (χ1n) is 8.60. The van der Waals surface area contributed by atoms with Crippen molar-refractivity contribution in [1.29, 1.82) is 0 Å². The van der Waals surface area contributed by atoms with E-state index in [2.05, 4.69) is 4.99 Å². The molecule has 1 heterocycles. The number of benzene rings is 1. The Hall–Kier alpha value is -2.35. The highest BCUT2D eigenvalue weighted by atomic mass is 19.1. The number of carbonyl (C=O) groups excluding carboxylic acids is 1. The van der Waals surface area contributed by atoms with Crippen molar-refractivity contribution in [2.75, 3.05) is 26.2 Å². The number of aliphatic imine (C=N–C) groups is 1. The van der Waals surface area contributed by atoms with E-state index < -0.39 is 11.4 Å². The third-order valence-electron chi connectivity index (χ3n) is 3.96. The summed E-state index contributed by atoms with van der Waals surface area (Å²) < 4.78 is 18.8. The summed E-state index contributed by atoms with van der Waals surface area (Å²) in [6.07, 6.45) is -0.324. The lowest BCUT2D eigenvalue weighted by Gasteiger charge is -2.36. The number of piperazine rings is 1. The minimum Gasteiger partial charge on any atom is -0.444 e. The van der Waals surface area contributed by atoms with Crippen LogP contribution >= 0.6 is 0 Å². The topological polar surface area (TPSA) is 91.4 Å². The highest BCUT2D eigenvalue weighted by molar-refractivity contribution is 5.78. The third-order valence-corrected chi connectivity index (χ3v) is 3.96. The van der Waals surface area contributed by atoms with Gasteiger partial charge in [0.2, 0.25) is 0 Å². The Morgan fingerprint density at radius 2 is 1.88 bits per heavy atom. The first kappa shape index (κ1) is 20.0. The predicted molar refractivity (Wildman–Crippen MR) is 97.0 cm³/mol. The fourth-order valence-corrected chi connectivity index (χ4v) is 2.56. The summed E-state index contributed by atoms with van der Waals surface area (Å²) >= 11 is 0.